The van der Waals surface area contributed by atoms with Gasteiger partial charge in [-0.15, -0.1) is 11.8 Å². The summed E-state index contributed by atoms with van der Waals surface area (Å²) in [5, 5.41) is 2.81. The lowest BCUT2D eigenvalue weighted by Gasteiger charge is -2.14. The van der Waals surface area contributed by atoms with E-state index in [1.165, 1.54) is 17.3 Å². The molecule has 0 aliphatic carbocycles. The fourth-order valence-electron chi connectivity index (χ4n) is 2.12. The van der Waals surface area contributed by atoms with Crippen molar-refractivity contribution in [3.63, 3.8) is 0 Å². The summed E-state index contributed by atoms with van der Waals surface area (Å²) in [4.78, 5) is 13.4. The predicted octanol–water partition coefficient (Wildman–Crippen LogP) is 4.43. The molecule has 3 nitrogen and oxygen atoms in total. The average Bonchev–Trinajstić information content (AvgIpc) is 2.50. The molecule has 1 amide bonds. The van der Waals surface area contributed by atoms with Gasteiger partial charge in [-0.05, 0) is 50.6 Å². The van der Waals surface area contributed by atoms with E-state index in [0.717, 1.165) is 21.9 Å². The highest BCUT2D eigenvalue weighted by Gasteiger charge is 2.15. The maximum Gasteiger partial charge on any atom is 0.237 e. The SMILES string of the molecule is COc1cccc(SC(C)C(=O)Nc2ccc(C)cc2C)c1. The third-order valence-electron chi connectivity index (χ3n) is 3.36. The van der Waals surface area contributed by atoms with Crippen LogP contribution in [-0.4, -0.2) is 18.3 Å². The van der Waals surface area contributed by atoms with Crippen molar-refractivity contribution >= 4 is 23.4 Å². The van der Waals surface area contributed by atoms with Gasteiger partial charge in [0.2, 0.25) is 5.91 Å². The van der Waals surface area contributed by atoms with Crippen molar-refractivity contribution < 1.29 is 9.53 Å². The van der Waals surface area contributed by atoms with Crippen LogP contribution in [0, 0.1) is 13.8 Å². The van der Waals surface area contributed by atoms with Crippen molar-refractivity contribution in [2.45, 2.75) is 30.9 Å². The van der Waals surface area contributed by atoms with Gasteiger partial charge in [-0.25, -0.2) is 0 Å². The molecular formula is C18H21NO2S. The molecule has 0 aliphatic rings. The summed E-state index contributed by atoms with van der Waals surface area (Å²) in [5.74, 6) is 0.798. The molecule has 1 unspecified atom stereocenters. The Morgan fingerprint density at radius 3 is 2.64 bits per heavy atom. The Morgan fingerprint density at radius 2 is 1.95 bits per heavy atom. The lowest BCUT2D eigenvalue weighted by atomic mass is 10.1. The maximum atomic E-state index is 12.3. The molecule has 4 heteroatoms. The highest BCUT2D eigenvalue weighted by Crippen LogP contribution is 2.27. The second-order valence-corrected chi connectivity index (χ2v) is 6.66. The van der Waals surface area contributed by atoms with Crippen LogP contribution in [0.4, 0.5) is 5.69 Å². The van der Waals surface area contributed by atoms with Crippen LogP contribution in [0.25, 0.3) is 0 Å². The molecule has 0 radical (unpaired) electrons. The van der Waals surface area contributed by atoms with Gasteiger partial charge in [-0.1, -0.05) is 23.8 Å². The standard InChI is InChI=1S/C18H21NO2S/c1-12-8-9-17(13(2)10-12)19-18(20)14(3)22-16-7-5-6-15(11-16)21-4/h5-11,14H,1-4H3,(H,19,20). The van der Waals surface area contributed by atoms with E-state index >= 15 is 0 Å². The fraction of sp³-hybridized carbons (Fsp3) is 0.278. The number of aryl methyl sites for hydroxylation is 2. The number of methoxy groups -OCH3 is 1. The topological polar surface area (TPSA) is 38.3 Å². The Labute approximate surface area is 136 Å². The third kappa shape index (κ3) is 4.28. The first-order chi connectivity index (χ1) is 10.5. The number of hydrogen-bond acceptors (Lipinski definition) is 3. The van der Waals surface area contributed by atoms with Gasteiger partial charge in [0.25, 0.3) is 0 Å². The van der Waals surface area contributed by atoms with Crippen LogP contribution in [-0.2, 0) is 4.79 Å². The second kappa shape index (κ2) is 7.36. The number of ether oxygens (including phenoxy) is 1. The van der Waals surface area contributed by atoms with E-state index in [2.05, 4.69) is 11.4 Å². The summed E-state index contributed by atoms with van der Waals surface area (Å²) in [6.07, 6.45) is 0. The largest absolute Gasteiger partial charge is 0.497 e. The number of hydrogen-bond donors (Lipinski definition) is 1. The van der Waals surface area contributed by atoms with Crippen LogP contribution in [0.15, 0.2) is 47.4 Å². The van der Waals surface area contributed by atoms with E-state index in [-0.39, 0.29) is 11.2 Å². The molecule has 22 heavy (non-hydrogen) atoms. The van der Waals surface area contributed by atoms with Gasteiger partial charge in [0, 0.05) is 10.6 Å². The summed E-state index contributed by atoms with van der Waals surface area (Å²) in [6, 6.07) is 13.8. The van der Waals surface area contributed by atoms with Crippen LogP contribution in [0.5, 0.6) is 5.75 Å². The van der Waals surface area contributed by atoms with Crippen LogP contribution >= 0.6 is 11.8 Å². The van der Waals surface area contributed by atoms with Gasteiger partial charge in [-0.2, -0.15) is 0 Å². The number of carbonyl (C=O) groups excluding carboxylic acids is 1. The van der Waals surface area contributed by atoms with Crippen molar-refractivity contribution in [1.82, 2.24) is 0 Å². The lowest BCUT2D eigenvalue weighted by molar-refractivity contribution is -0.115. The second-order valence-electron chi connectivity index (χ2n) is 5.25. The minimum atomic E-state index is -0.187. The number of benzene rings is 2. The molecule has 2 rings (SSSR count). The Kier molecular flexibility index (Phi) is 5.50. The van der Waals surface area contributed by atoms with Crippen molar-refractivity contribution in [1.29, 1.82) is 0 Å². The molecule has 0 saturated heterocycles. The van der Waals surface area contributed by atoms with Gasteiger partial charge in [0.15, 0.2) is 0 Å². The van der Waals surface area contributed by atoms with E-state index in [1.807, 2.05) is 57.2 Å². The molecule has 1 atom stereocenters. The van der Waals surface area contributed by atoms with Crippen molar-refractivity contribution in [3.8, 4) is 5.75 Å². The van der Waals surface area contributed by atoms with Gasteiger partial charge < -0.3 is 10.1 Å². The Morgan fingerprint density at radius 1 is 1.18 bits per heavy atom. The van der Waals surface area contributed by atoms with Gasteiger partial charge in [-0.3, -0.25) is 4.79 Å². The molecule has 0 saturated carbocycles. The number of nitrogens with one attached hydrogen (secondary N) is 1. The van der Waals surface area contributed by atoms with E-state index < -0.39 is 0 Å². The number of carbonyl (C=O) groups is 1. The first-order valence-electron chi connectivity index (χ1n) is 7.18. The molecule has 0 fully saturated rings. The fourth-order valence-corrected chi connectivity index (χ4v) is 3.04. The zero-order valence-corrected chi connectivity index (χ0v) is 14.2. The molecule has 0 aromatic heterocycles. The molecule has 0 aliphatic heterocycles. The maximum absolute atomic E-state index is 12.3. The number of thioether (sulfide) groups is 1. The molecule has 2 aromatic carbocycles. The smallest absolute Gasteiger partial charge is 0.237 e. The van der Waals surface area contributed by atoms with E-state index in [1.54, 1.807) is 7.11 Å². The monoisotopic (exact) mass is 315 g/mol. The first kappa shape index (κ1) is 16.4. The minimum Gasteiger partial charge on any atom is -0.497 e. The Hall–Kier alpha value is -1.94. The minimum absolute atomic E-state index is 0.000210. The van der Waals surface area contributed by atoms with Crippen molar-refractivity contribution in [2.75, 3.05) is 12.4 Å². The van der Waals surface area contributed by atoms with Crippen LogP contribution in [0.3, 0.4) is 0 Å². The Balaban J connectivity index is 2.02. The number of anilines is 1. The first-order valence-corrected chi connectivity index (χ1v) is 8.06. The number of rotatable bonds is 5. The molecule has 0 spiro atoms. The van der Waals surface area contributed by atoms with Crippen LogP contribution in [0.2, 0.25) is 0 Å². The van der Waals surface area contributed by atoms with E-state index in [0.29, 0.717) is 0 Å². The number of amides is 1. The quantitative estimate of drug-likeness (QED) is 0.829. The summed E-state index contributed by atoms with van der Waals surface area (Å²) < 4.78 is 5.21. The summed E-state index contributed by atoms with van der Waals surface area (Å²) in [7, 11) is 1.64. The molecule has 2 aromatic rings. The molecular weight excluding hydrogens is 294 g/mol. The van der Waals surface area contributed by atoms with Gasteiger partial charge >= 0.3 is 0 Å². The molecule has 116 valence electrons. The van der Waals surface area contributed by atoms with E-state index in [4.69, 9.17) is 4.74 Å². The summed E-state index contributed by atoms with van der Waals surface area (Å²) >= 11 is 1.52. The van der Waals surface area contributed by atoms with Crippen LogP contribution < -0.4 is 10.1 Å². The van der Waals surface area contributed by atoms with E-state index in [9.17, 15) is 4.79 Å². The predicted molar refractivity (Wildman–Crippen MR) is 92.9 cm³/mol. The van der Waals surface area contributed by atoms with Crippen molar-refractivity contribution in [2.24, 2.45) is 0 Å². The normalized spacial score (nSPS) is 11.8. The highest BCUT2D eigenvalue weighted by atomic mass is 32.2. The molecule has 0 bridgehead atoms. The zero-order chi connectivity index (χ0) is 16.1. The van der Waals surface area contributed by atoms with Crippen LogP contribution in [0.1, 0.15) is 18.1 Å². The Bertz CT molecular complexity index is 670. The highest BCUT2D eigenvalue weighted by molar-refractivity contribution is 8.00. The van der Waals surface area contributed by atoms with Gasteiger partial charge in [0.1, 0.15) is 5.75 Å². The third-order valence-corrected chi connectivity index (χ3v) is 4.46. The van der Waals surface area contributed by atoms with Crippen molar-refractivity contribution in [3.05, 3.63) is 53.6 Å². The molecule has 0 heterocycles. The molecule has 1 N–H and O–H groups in total. The summed E-state index contributed by atoms with van der Waals surface area (Å²) in [5.41, 5.74) is 3.13. The zero-order valence-electron chi connectivity index (χ0n) is 13.3. The average molecular weight is 315 g/mol. The summed E-state index contributed by atoms with van der Waals surface area (Å²) in [6.45, 7) is 5.95. The van der Waals surface area contributed by atoms with Gasteiger partial charge in [0.05, 0.1) is 12.4 Å². The lowest BCUT2D eigenvalue weighted by Crippen LogP contribution is -2.22.